The zero-order valence-electron chi connectivity index (χ0n) is 34.9. The van der Waals surface area contributed by atoms with Gasteiger partial charge in [-0.05, 0) is 110 Å². The van der Waals surface area contributed by atoms with Crippen molar-refractivity contribution in [3.63, 3.8) is 0 Å². The number of likely N-dealkylation sites (tertiary alicyclic amines) is 2. The van der Waals surface area contributed by atoms with Crippen LogP contribution < -0.4 is 15.8 Å². The Bertz CT molecular complexity index is 2240. The fraction of sp³-hybridized carbons (Fsp3) is 0.509. The Hall–Kier alpha value is -4.22. The van der Waals surface area contributed by atoms with Gasteiger partial charge in [-0.3, -0.25) is 4.90 Å². The van der Waals surface area contributed by atoms with Gasteiger partial charge >= 0.3 is 0 Å². The van der Waals surface area contributed by atoms with E-state index in [1.165, 1.54) is 60.1 Å². The summed E-state index contributed by atoms with van der Waals surface area (Å²) >= 11 is 0. The zero-order chi connectivity index (χ0) is 38.9. The average Bonchev–Trinajstić information content (AvgIpc) is 3.79. The van der Waals surface area contributed by atoms with Gasteiger partial charge in [-0.1, -0.05) is 130 Å². The molecule has 0 aromatic heterocycles. The van der Waals surface area contributed by atoms with Crippen LogP contribution in [0.5, 0.6) is 0 Å². The molecule has 0 amide bonds. The first-order valence-electron chi connectivity index (χ1n) is 23.3. The molecule has 3 heterocycles. The first kappa shape index (κ1) is 36.8. The molecule has 0 bridgehead atoms. The van der Waals surface area contributed by atoms with Crippen LogP contribution in [0, 0.1) is 47.3 Å². The highest BCUT2D eigenvalue weighted by molar-refractivity contribution is 6.14. The van der Waals surface area contributed by atoms with E-state index in [2.05, 4.69) is 151 Å². The van der Waals surface area contributed by atoms with E-state index in [9.17, 15) is 0 Å². The standard InChI is InChI=1S/C53H63N5/c1-4-35-31-43-38(21-16-25-40(43)53-55-51(36-17-8-5-9-18-36)54-52(56-53)37-19-10-6-11-20-37)32-45(35)58-44-26-15-14-24-41(44)49-48-42-28-27-33(2)29-46(42)57(39-22-12-7-13-23-39)47(48)30-34(3)50(49)58/h7-8,10,12,14-19,21-22,24-28,31-35,37,41-42,44-50,52H,4-6,9,11,13,20,23,29-30H2,1-3H3,(H,54,55,56)/t33-,34?,35?,37?,41?,42?,44?,45?,46?,47?,48?,49?,50?,52?/m0/s1. The lowest BCUT2D eigenvalue weighted by Crippen LogP contribution is -2.56. The summed E-state index contributed by atoms with van der Waals surface area (Å²) in [5.41, 5.74) is 4.00. The molecule has 1 aromatic rings. The van der Waals surface area contributed by atoms with E-state index < -0.39 is 0 Å². The minimum atomic E-state index is -0.00570. The summed E-state index contributed by atoms with van der Waals surface area (Å²) in [6.07, 6.45) is 51.1. The molecule has 10 aliphatic rings. The number of rotatable bonds is 6. The SMILES string of the molecule is CCC1C=c2c(C3=NC(C4=CCCC=C4)=NC(C4C=CCCC4)N3)cccc2=CC1N1C2C=CC=CC2C2C3C4C=C[C@H](C)CC4N(C4=CC=CCC4)C3CC(C)C21. The quantitative estimate of drug-likeness (QED) is 0.294. The third kappa shape index (κ3) is 6.11. The first-order valence-corrected chi connectivity index (χ1v) is 23.3. The summed E-state index contributed by atoms with van der Waals surface area (Å²) in [5, 5.41) is 6.60. The number of nitrogens with zero attached hydrogens (tertiary/aromatic N) is 4. The van der Waals surface area contributed by atoms with Gasteiger partial charge in [0.25, 0.3) is 0 Å². The molecule has 14 atom stereocenters. The van der Waals surface area contributed by atoms with E-state index in [4.69, 9.17) is 9.98 Å². The maximum Gasteiger partial charge on any atom is 0.158 e. The van der Waals surface area contributed by atoms with Crippen molar-refractivity contribution < 1.29 is 0 Å². The minimum Gasteiger partial charge on any atom is -0.368 e. The van der Waals surface area contributed by atoms with Gasteiger partial charge < -0.3 is 10.2 Å². The highest BCUT2D eigenvalue weighted by atomic mass is 15.3. The van der Waals surface area contributed by atoms with E-state index in [-0.39, 0.29) is 6.17 Å². The molecule has 1 N–H and O–H groups in total. The lowest BCUT2D eigenvalue weighted by molar-refractivity contribution is 0.0274. The number of aliphatic imine (C=N–C) groups is 2. The summed E-state index contributed by atoms with van der Waals surface area (Å²) in [7, 11) is 0. The van der Waals surface area contributed by atoms with Crippen LogP contribution in [0.4, 0.5) is 0 Å². The van der Waals surface area contributed by atoms with Gasteiger partial charge in [-0.2, -0.15) is 0 Å². The van der Waals surface area contributed by atoms with Gasteiger partial charge in [-0.25, -0.2) is 9.98 Å². The highest BCUT2D eigenvalue weighted by Crippen LogP contribution is 2.60. The minimum absolute atomic E-state index is 0.00570. The maximum atomic E-state index is 5.34. The molecule has 11 rings (SSSR count). The molecule has 0 spiro atoms. The van der Waals surface area contributed by atoms with Gasteiger partial charge in [0.05, 0.1) is 0 Å². The van der Waals surface area contributed by atoms with Crippen LogP contribution >= 0.6 is 0 Å². The molecule has 3 aliphatic heterocycles. The topological polar surface area (TPSA) is 43.2 Å². The first-order chi connectivity index (χ1) is 28.6. The Balaban J connectivity index is 0.980. The summed E-state index contributed by atoms with van der Waals surface area (Å²) < 4.78 is 0. The third-order valence-electron chi connectivity index (χ3n) is 16.1. The molecular formula is C53H63N5. The van der Waals surface area contributed by atoms with E-state index in [0.717, 1.165) is 37.4 Å². The van der Waals surface area contributed by atoms with E-state index >= 15 is 0 Å². The van der Waals surface area contributed by atoms with Gasteiger partial charge in [-0.15, -0.1) is 0 Å². The monoisotopic (exact) mass is 770 g/mol. The molecule has 1 saturated carbocycles. The van der Waals surface area contributed by atoms with Crippen molar-refractivity contribution in [2.75, 3.05) is 0 Å². The molecule has 13 unspecified atom stereocenters. The smallest absolute Gasteiger partial charge is 0.158 e. The molecule has 5 nitrogen and oxygen atoms in total. The number of allylic oxidation sites excluding steroid dienone is 10. The molecule has 5 heteroatoms. The van der Waals surface area contributed by atoms with Crippen LogP contribution in [0.1, 0.15) is 90.5 Å². The molecule has 1 aromatic carbocycles. The second kappa shape index (κ2) is 15.1. The largest absolute Gasteiger partial charge is 0.368 e. The molecule has 7 aliphatic carbocycles. The number of nitrogens with one attached hydrogen (secondary N) is 1. The summed E-state index contributed by atoms with van der Waals surface area (Å²) in [6, 6.07) is 9.53. The Morgan fingerprint density at radius 3 is 2.59 bits per heavy atom. The Kier molecular flexibility index (Phi) is 9.59. The van der Waals surface area contributed by atoms with Crippen molar-refractivity contribution in [3.8, 4) is 0 Å². The molecule has 2 saturated heterocycles. The second-order valence-corrected chi connectivity index (χ2v) is 19.4. The molecule has 3 fully saturated rings. The summed E-state index contributed by atoms with van der Waals surface area (Å²) in [5.74, 6) is 6.42. The van der Waals surface area contributed by atoms with Gasteiger partial charge in [0, 0.05) is 64.8 Å². The Labute approximate surface area is 346 Å². The number of fused-ring (bicyclic) bond motifs is 8. The van der Waals surface area contributed by atoms with Gasteiger partial charge in [0.15, 0.2) is 5.84 Å². The van der Waals surface area contributed by atoms with Crippen molar-refractivity contribution >= 4 is 23.8 Å². The van der Waals surface area contributed by atoms with Crippen LogP contribution in [-0.2, 0) is 0 Å². The number of hydrogen-bond acceptors (Lipinski definition) is 5. The molecular weight excluding hydrogens is 707 g/mol. The number of amidine groups is 2. The van der Waals surface area contributed by atoms with Gasteiger partial charge in [0.1, 0.15) is 12.0 Å². The predicted octanol–water partition coefficient (Wildman–Crippen LogP) is 8.93. The lowest BCUT2D eigenvalue weighted by atomic mass is 9.61. The van der Waals surface area contributed by atoms with Crippen molar-refractivity contribution in [2.24, 2.45) is 57.3 Å². The van der Waals surface area contributed by atoms with E-state index in [1.54, 1.807) is 5.70 Å². The van der Waals surface area contributed by atoms with Gasteiger partial charge in [0.2, 0.25) is 0 Å². The van der Waals surface area contributed by atoms with E-state index in [0.29, 0.717) is 77.6 Å². The second-order valence-electron chi connectivity index (χ2n) is 19.4. The number of hydrogen-bond donors (Lipinski definition) is 1. The third-order valence-corrected chi connectivity index (χ3v) is 16.1. The lowest BCUT2D eigenvalue weighted by Gasteiger charge is -2.49. The fourth-order valence-corrected chi connectivity index (χ4v) is 13.7. The van der Waals surface area contributed by atoms with Crippen LogP contribution in [0.3, 0.4) is 0 Å². The normalized spacial score (nSPS) is 40.8. The maximum absolute atomic E-state index is 5.34. The highest BCUT2D eigenvalue weighted by Gasteiger charge is 2.64. The fourth-order valence-electron chi connectivity index (χ4n) is 13.7. The average molecular weight is 770 g/mol. The Morgan fingerprint density at radius 2 is 1.76 bits per heavy atom. The summed E-state index contributed by atoms with van der Waals surface area (Å²) in [6.45, 7) is 7.49. The number of benzene rings is 1. The van der Waals surface area contributed by atoms with Crippen LogP contribution in [0.2, 0.25) is 0 Å². The van der Waals surface area contributed by atoms with Crippen molar-refractivity contribution in [3.05, 3.63) is 131 Å². The molecule has 58 heavy (non-hydrogen) atoms. The summed E-state index contributed by atoms with van der Waals surface area (Å²) in [4.78, 5) is 16.7. The van der Waals surface area contributed by atoms with Crippen LogP contribution in [0.25, 0.3) is 12.2 Å². The Morgan fingerprint density at radius 1 is 0.828 bits per heavy atom. The van der Waals surface area contributed by atoms with Crippen LogP contribution in [0.15, 0.2) is 125 Å². The molecule has 0 radical (unpaired) electrons. The van der Waals surface area contributed by atoms with Crippen LogP contribution in [-0.4, -0.2) is 57.8 Å². The zero-order valence-corrected chi connectivity index (χ0v) is 34.9. The van der Waals surface area contributed by atoms with Crippen molar-refractivity contribution in [1.82, 2.24) is 15.1 Å². The van der Waals surface area contributed by atoms with Crippen molar-refractivity contribution in [1.29, 1.82) is 0 Å². The predicted molar refractivity (Wildman–Crippen MR) is 240 cm³/mol. The van der Waals surface area contributed by atoms with Crippen molar-refractivity contribution in [2.45, 2.75) is 121 Å². The van der Waals surface area contributed by atoms with E-state index in [1.807, 2.05) is 0 Å². The molecule has 300 valence electrons.